The van der Waals surface area contributed by atoms with Crippen molar-refractivity contribution in [1.29, 1.82) is 0 Å². The average molecular weight is 257 g/mol. The Kier molecular flexibility index (Phi) is 4.94. The van der Waals surface area contributed by atoms with Crippen molar-refractivity contribution in [1.82, 2.24) is 15.1 Å². The summed E-state index contributed by atoms with van der Waals surface area (Å²) in [5.41, 5.74) is 0. The molecule has 0 bridgehead atoms. The van der Waals surface area contributed by atoms with E-state index in [0.717, 1.165) is 17.7 Å². The van der Waals surface area contributed by atoms with E-state index in [9.17, 15) is 14.4 Å². The number of carboxylic acid groups (broad SMARTS) is 1. The third kappa shape index (κ3) is 3.61. The molecule has 3 amide bonds. The zero-order valence-corrected chi connectivity index (χ0v) is 10.7. The molecule has 0 saturated carbocycles. The molecule has 0 aromatic carbocycles. The molecule has 0 aliphatic carbocycles. The van der Waals surface area contributed by atoms with Crippen molar-refractivity contribution in [2.75, 3.05) is 33.7 Å². The van der Waals surface area contributed by atoms with Crippen molar-refractivity contribution in [2.45, 2.75) is 12.8 Å². The molecule has 18 heavy (non-hydrogen) atoms. The second-order valence-electron chi connectivity index (χ2n) is 4.43. The Labute approximate surface area is 106 Å². The summed E-state index contributed by atoms with van der Waals surface area (Å²) in [4.78, 5) is 36.7. The molecule has 2 N–H and O–H groups in total. The van der Waals surface area contributed by atoms with Crippen molar-refractivity contribution in [2.24, 2.45) is 5.92 Å². The van der Waals surface area contributed by atoms with E-state index in [0.29, 0.717) is 13.1 Å². The van der Waals surface area contributed by atoms with E-state index in [1.165, 1.54) is 11.9 Å². The van der Waals surface area contributed by atoms with Gasteiger partial charge in [0.05, 0.1) is 5.92 Å². The maximum Gasteiger partial charge on any atom is 0.323 e. The highest BCUT2D eigenvalue weighted by Gasteiger charge is 2.29. The summed E-state index contributed by atoms with van der Waals surface area (Å²) in [5.74, 6) is -1.33. The summed E-state index contributed by atoms with van der Waals surface area (Å²) in [6.45, 7) is 0.582. The highest BCUT2D eigenvalue weighted by molar-refractivity contribution is 5.82. The smallest absolute Gasteiger partial charge is 0.323 e. The van der Waals surface area contributed by atoms with Gasteiger partial charge in [-0.3, -0.25) is 9.59 Å². The largest absolute Gasteiger partial charge is 0.480 e. The van der Waals surface area contributed by atoms with Gasteiger partial charge in [-0.15, -0.1) is 0 Å². The van der Waals surface area contributed by atoms with Crippen LogP contribution in [0.15, 0.2) is 0 Å². The third-order valence-electron chi connectivity index (χ3n) is 3.01. The van der Waals surface area contributed by atoms with Crippen LogP contribution < -0.4 is 5.32 Å². The highest BCUT2D eigenvalue weighted by Crippen LogP contribution is 2.17. The van der Waals surface area contributed by atoms with Crippen LogP contribution in [0.5, 0.6) is 0 Å². The summed E-state index contributed by atoms with van der Waals surface area (Å²) < 4.78 is 0. The summed E-state index contributed by atoms with van der Waals surface area (Å²) >= 11 is 0. The van der Waals surface area contributed by atoms with Crippen molar-refractivity contribution >= 4 is 17.9 Å². The number of hydrogen-bond acceptors (Lipinski definition) is 3. The fraction of sp³-hybridized carbons (Fsp3) is 0.727. The molecule has 0 spiro atoms. The molecule has 102 valence electrons. The lowest BCUT2D eigenvalue weighted by Crippen LogP contribution is -2.49. The first-order chi connectivity index (χ1) is 8.45. The number of nitrogens with zero attached hydrogens (tertiary/aromatic N) is 2. The van der Waals surface area contributed by atoms with Crippen LogP contribution in [-0.4, -0.2) is 66.5 Å². The van der Waals surface area contributed by atoms with E-state index < -0.39 is 5.97 Å². The number of amides is 3. The van der Waals surface area contributed by atoms with Gasteiger partial charge < -0.3 is 20.2 Å². The Morgan fingerprint density at radius 1 is 1.44 bits per heavy atom. The van der Waals surface area contributed by atoms with Crippen LogP contribution in [0, 0.1) is 5.92 Å². The van der Waals surface area contributed by atoms with E-state index in [2.05, 4.69) is 5.32 Å². The van der Waals surface area contributed by atoms with Crippen molar-refractivity contribution in [3.8, 4) is 0 Å². The Morgan fingerprint density at radius 3 is 2.67 bits per heavy atom. The molecule has 1 fully saturated rings. The number of aliphatic carboxylic acids is 1. The quantitative estimate of drug-likeness (QED) is 0.718. The molecule has 0 aromatic heterocycles. The van der Waals surface area contributed by atoms with Gasteiger partial charge in [0.25, 0.3) is 0 Å². The molecular weight excluding hydrogens is 238 g/mol. The Hall–Kier alpha value is -1.79. The molecule has 1 rings (SSSR count). The van der Waals surface area contributed by atoms with Crippen molar-refractivity contribution in [3.05, 3.63) is 0 Å². The molecular formula is C11H19N3O4. The maximum atomic E-state index is 11.9. The van der Waals surface area contributed by atoms with E-state index in [1.54, 1.807) is 7.05 Å². The molecule has 1 aliphatic rings. The normalized spacial score (nSPS) is 19.2. The summed E-state index contributed by atoms with van der Waals surface area (Å²) in [6, 6.07) is -0.342. The number of piperidine rings is 1. The molecule has 1 atom stereocenters. The monoisotopic (exact) mass is 257 g/mol. The third-order valence-corrected chi connectivity index (χ3v) is 3.01. The number of carbonyl (C=O) groups excluding carboxylic acids is 2. The summed E-state index contributed by atoms with van der Waals surface area (Å²) in [7, 11) is 3.01. The first-order valence-corrected chi connectivity index (χ1v) is 5.89. The highest BCUT2D eigenvalue weighted by atomic mass is 16.4. The number of likely N-dealkylation sites (tertiary alicyclic amines) is 1. The number of urea groups is 1. The lowest BCUT2D eigenvalue weighted by Gasteiger charge is -2.34. The minimum absolute atomic E-state index is 0.0756. The SMILES string of the molecule is CNC(=O)C1CCCN(C(=O)N(C)CC(=O)O)C1. The van der Waals surface area contributed by atoms with Gasteiger partial charge in [0.15, 0.2) is 0 Å². The number of carboxylic acids is 1. The van der Waals surface area contributed by atoms with Crippen LogP contribution in [0.1, 0.15) is 12.8 Å². The van der Waals surface area contributed by atoms with Gasteiger partial charge in [-0.25, -0.2) is 4.79 Å². The van der Waals surface area contributed by atoms with E-state index in [-0.39, 0.29) is 24.4 Å². The zero-order chi connectivity index (χ0) is 13.7. The predicted molar refractivity (Wildman–Crippen MR) is 64.0 cm³/mol. The van der Waals surface area contributed by atoms with Crippen LogP contribution in [0.3, 0.4) is 0 Å². The fourth-order valence-electron chi connectivity index (χ4n) is 2.08. The topological polar surface area (TPSA) is 90.0 Å². The lowest BCUT2D eigenvalue weighted by atomic mass is 9.97. The molecule has 0 radical (unpaired) electrons. The zero-order valence-electron chi connectivity index (χ0n) is 10.7. The number of hydrogen-bond donors (Lipinski definition) is 2. The number of nitrogens with one attached hydrogen (secondary N) is 1. The van der Waals surface area contributed by atoms with Gasteiger partial charge in [-0.1, -0.05) is 0 Å². The molecule has 7 heteroatoms. The summed E-state index contributed by atoms with van der Waals surface area (Å²) in [6.07, 6.45) is 1.51. The van der Waals surface area contributed by atoms with Crippen LogP contribution in [0.2, 0.25) is 0 Å². The van der Waals surface area contributed by atoms with Gasteiger partial charge >= 0.3 is 12.0 Å². The van der Waals surface area contributed by atoms with Crippen LogP contribution >= 0.6 is 0 Å². The molecule has 1 aliphatic heterocycles. The van der Waals surface area contributed by atoms with E-state index in [4.69, 9.17) is 5.11 Å². The predicted octanol–water partition coefficient (Wildman–Crippen LogP) is -0.419. The van der Waals surface area contributed by atoms with E-state index in [1.807, 2.05) is 0 Å². The standard InChI is InChI=1S/C11H19N3O4/c1-12-10(17)8-4-3-5-14(6-8)11(18)13(2)7-9(15)16/h8H,3-7H2,1-2H3,(H,12,17)(H,15,16). The average Bonchev–Trinajstić information content (AvgIpc) is 2.36. The number of rotatable bonds is 3. The first-order valence-electron chi connectivity index (χ1n) is 5.89. The lowest BCUT2D eigenvalue weighted by molar-refractivity contribution is -0.137. The van der Waals surface area contributed by atoms with E-state index >= 15 is 0 Å². The van der Waals surface area contributed by atoms with Crippen LogP contribution in [0.4, 0.5) is 4.79 Å². The van der Waals surface area contributed by atoms with Gasteiger partial charge in [0, 0.05) is 27.2 Å². The summed E-state index contributed by atoms with van der Waals surface area (Å²) in [5, 5.41) is 11.2. The molecule has 1 saturated heterocycles. The van der Waals surface area contributed by atoms with Crippen LogP contribution in [-0.2, 0) is 9.59 Å². The minimum Gasteiger partial charge on any atom is -0.480 e. The Balaban J connectivity index is 2.58. The Morgan fingerprint density at radius 2 is 2.11 bits per heavy atom. The minimum atomic E-state index is -1.05. The number of carbonyl (C=O) groups is 3. The second-order valence-corrected chi connectivity index (χ2v) is 4.43. The maximum absolute atomic E-state index is 11.9. The van der Waals surface area contributed by atoms with Gasteiger partial charge in [0.1, 0.15) is 6.54 Å². The Bertz CT molecular complexity index is 345. The molecule has 7 nitrogen and oxygen atoms in total. The van der Waals surface area contributed by atoms with Crippen molar-refractivity contribution in [3.63, 3.8) is 0 Å². The molecule has 1 unspecified atom stereocenters. The van der Waals surface area contributed by atoms with Crippen LogP contribution in [0.25, 0.3) is 0 Å². The van der Waals surface area contributed by atoms with Gasteiger partial charge in [-0.2, -0.15) is 0 Å². The van der Waals surface area contributed by atoms with Crippen molar-refractivity contribution < 1.29 is 19.5 Å². The van der Waals surface area contributed by atoms with Gasteiger partial charge in [-0.05, 0) is 12.8 Å². The first kappa shape index (κ1) is 14.3. The molecule has 1 heterocycles. The fourth-order valence-corrected chi connectivity index (χ4v) is 2.08. The molecule has 0 aromatic rings. The van der Waals surface area contributed by atoms with Gasteiger partial charge in [0.2, 0.25) is 5.91 Å². The second kappa shape index (κ2) is 6.23. The number of likely N-dealkylation sites (N-methyl/N-ethyl adjacent to an activating group) is 1.